The average molecular weight is 455 g/mol. The number of aromatic nitrogens is 2. The molecule has 34 heavy (non-hydrogen) atoms. The third kappa shape index (κ3) is 4.24. The molecular formula is C25H24N7O2+. The number of hydrogen-bond acceptors (Lipinski definition) is 6. The lowest BCUT2D eigenvalue weighted by molar-refractivity contribution is 0.0992. The molecule has 0 spiro atoms. The van der Waals surface area contributed by atoms with Crippen molar-refractivity contribution in [3.8, 4) is 17.1 Å². The van der Waals surface area contributed by atoms with Crippen molar-refractivity contribution < 1.29 is 9.53 Å². The molecule has 3 aromatic carbocycles. The second-order valence-corrected chi connectivity index (χ2v) is 8.28. The van der Waals surface area contributed by atoms with E-state index in [0.29, 0.717) is 17.9 Å². The number of benzene rings is 3. The lowest BCUT2D eigenvalue weighted by Gasteiger charge is -2.27. The molecule has 9 nitrogen and oxygen atoms in total. The Bertz CT molecular complexity index is 1430. The number of aromatic amines is 1. The summed E-state index contributed by atoms with van der Waals surface area (Å²) < 4.78 is 5.81. The van der Waals surface area contributed by atoms with Crippen LogP contribution in [0.1, 0.15) is 10.4 Å². The Hall–Kier alpha value is -4.49. The van der Waals surface area contributed by atoms with Gasteiger partial charge in [-0.25, -0.2) is 4.98 Å². The van der Waals surface area contributed by atoms with Gasteiger partial charge in [0.15, 0.2) is 10.8 Å². The minimum atomic E-state index is -0.445. The second-order valence-electron chi connectivity index (χ2n) is 8.28. The van der Waals surface area contributed by atoms with Gasteiger partial charge in [0.1, 0.15) is 18.2 Å². The molecule has 0 saturated carbocycles. The van der Waals surface area contributed by atoms with Gasteiger partial charge in [-0.15, -0.1) is 0 Å². The highest BCUT2D eigenvalue weighted by atomic mass is 16.5. The smallest absolute Gasteiger partial charge is 0.360 e. The van der Waals surface area contributed by atoms with Crippen LogP contribution >= 0.6 is 0 Å². The van der Waals surface area contributed by atoms with Gasteiger partial charge in [0.25, 0.3) is 0 Å². The standard InChI is InChI=1S/C25H23N7O2/c1-31(2)19-8-4-16(5-9-19)25(33)29-30-28-18-7-10-20-21(15-18)27-24(26-20)17-6-11-22-23(14-17)34-13-12-32(22)3/h4-11,14-15H,12-13H2,1-3H3/p+1. The predicted molar refractivity (Wildman–Crippen MR) is 132 cm³/mol. The van der Waals surface area contributed by atoms with Gasteiger partial charge in [-0.3, -0.25) is 4.79 Å². The largest absolute Gasteiger partial charge is 0.490 e. The summed E-state index contributed by atoms with van der Waals surface area (Å²) in [5, 5.41) is 7.78. The number of H-pyrrole nitrogens is 1. The van der Waals surface area contributed by atoms with Crippen molar-refractivity contribution in [3.05, 3.63) is 66.2 Å². The van der Waals surface area contributed by atoms with Crippen LogP contribution in [-0.2, 0) is 0 Å². The normalized spacial score (nSPS) is 12.5. The highest BCUT2D eigenvalue weighted by molar-refractivity contribution is 5.94. The van der Waals surface area contributed by atoms with E-state index in [1.54, 1.807) is 18.2 Å². The van der Waals surface area contributed by atoms with Crippen molar-refractivity contribution in [1.82, 2.24) is 14.9 Å². The van der Waals surface area contributed by atoms with E-state index < -0.39 is 5.91 Å². The minimum Gasteiger partial charge on any atom is -0.490 e. The number of amides is 1. The Balaban J connectivity index is 1.35. The Morgan fingerprint density at radius 3 is 2.74 bits per heavy atom. The Morgan fingerprint density at radius 1 is 1.12 bits per heavy atom. The van der Waals surface area contributed by atoms with Crippen LogP contribution in [0.2, 0.25) is 0 Å². The molecule has 0 bridgehead atoms. The molecule has 1 aliphatic heterocycles. The van der Waals surface area contributed by atoms with Crippen LogP contribution in [0, 0.1) is 0 Å². The van der Waals surface area contributed by atoms with Gasteiger partial charge in [0.05, 0.1) is 23.3 Å². The molecule has 1 aliphatic rings. The summed E-state index contributed by atoms with van der Waals surface area (Å²) in [5.74, 6) is 1.15. The van der Waals surface area contributed by atoms with E-state index in [0.717, 1.165) is 46.1 Å². The third-order valence-corrected chi connectivity index (χ3v) is 5.72. The number of rotatable bonds is 4. The second kappa shape index (κ2) is 8.80. The molecule has 0 radical (unpaired) electrons. The lowest BCUT2D eigenvalue weighted by atomic mass is 10.1. The highest BCUT2D eigenvalue weighted by Gasteiger charge is 2.17. The van der Waals surface area contributed by atoms with Crippen LogP contribution in [0.4, 0.5) is 17.1 Å². The molecule has 0 atom stereocenters. The van der Waals surface area contributed by atoms with Gasteiger partial charge in [-0.2, -0.15) is 0 Å². The lowest BCUT2D eigenvalue weighted by Crippen LogP contribution is -2.28. The van der Waals surface area contributed by atoms with Crippen molar-refractivity contribution in [2.75, 3.05) is 44.1 Å². The fourth-order valence-electron chi connectivity index (χ4n) is 3.78. The summed E-state index contributed by atoms with van der Waals surface area (Å²) in [6, 6.07) is 18.7. The van der Waals surface area contributed by atoms with Gasteiger partial charge < -0.3 is 19.5 Å². The minimum absolute atomic E-state index is 0.445. The van der Waals surface area contributed by atoms with Crippen molar-refractivity contribution >= 4 is 34.0 Å². The number of anilines is 2. The molecule has 0 fully saturated rings. The van der Waals surface area contributed by atoms with E-state index in [4.69, 9.17) is 4.74 Å². The van der Waals surface area contributed by atoms with Crippen LogP contribution in [0.15, 0.2) is 70.9 Å². The van der Waals surface area contributed by atoms with Gasteiger partial charge in [0, 0.05) is 38.0 Å². The fourth-order valence-corrected chi connectivity index (χ4v) is 3.78. The summed E-state index contributed by atoms with van der Waals surface area (Å²) in [4.78, 5) is 28.1. The number of nitrogens with zero attached hydrogens (tertiary/aromatic N) is 6. The molecule has 1 N–H and O–H groups in total. The molecule has 0 saturated heterocycles. The number of likely N-dealkylation sites (N-methyl/N-ethyl adjacent to an activating group) is 1. The van der Waals surface area contributed by atoms with E-state index >= 15 is 0 Å². The Morgan fingerprint density at radius 2 is 1.94 bits per heavy atom. The number of carbonyl (C=O) groups is 1. The van der Waals surface area contributed by atoms with Crippen molar-refractivity contribution in [2.24, 2.45) is 10.2 Å². The summed E-state index contributed by atoms with van der Waals surface area (Å²) >= 11 is 0. The van der Waals surface area contributed by atoms with Crippen LogP contribution in [0.3, 0.4) is 0 Å². The molecule has 5 rings (SSSR count). The van der Waals surface area contributed by atoms with E-state index in [2.05, 4.69) is 37.1 Å². The summed E-state index contributed by atoms with van der Waals surface area (Å²) in [7, 11) is 5.93. The first-order chi connectivity index (χ1) is 16.5. The zero-order chi connectivity index (χ0) is 23.7. The number of ether oxygens (including phenoxy) is 1. The van der Waals surface area contributed by atoms with Crippen LogP contribution in [0.25, 0.3) is 22.4 Å². The topological polar surface area (TPSA) is 100 Å². The molecule has 0 unspecified atom stereocenters. The van der Waals surface area contributed by atoms with E-state index in [1.807, 2.05) is 61.5 Å². The molecule has 2 heterocycles. The van der Waals surface area contributed by atoms with Gasteiger partial charge in [-0.1, -0.05) is 0 Å². The molecule has 0 aliphatic carbocycles. The van der Waals surface area contributed by atoms with Gasteiger partial charge in [-0.05, 0) is 60.7 Å². The molecule has 1 amide bonds. The van der Waals surface area contributed by atoms with Gasteiger partial charge >= 0.3 is 5.91 Å². The van der Waals surface area contributed by atoms with Crippen LogP contribution < -0.4 is 19.4 Å². The first-order valence-electron chi connectivity index (χ1n) is 10.9. The van der Waals surface area contributed by atoms with Crippen molar-refractivity contribution in [2.45, 2.75) is 0 Å². The first-order valence-corrected chi connectivity index (χ1v) is 10.9. The molecule has 9 heteroatoms. The molecule has 170 valence electrons. The zero-order valence-electron chi connectivity index (χ0n) is 19.2. The fraction of sp³-hybridized carbons (Fsp3) is 0.200. The van der Waals surface area contributed by atoms with E-state index in [9.17, 15) is 4.79 Å². The maximum absolute atomic E-state index is 12.2. The van der Waals surface area contributed by atoms with E-state index in [1.165, 1.54) is 0 Å². The maximum atomic E-state index is 12.2. The highest BCUT2D eigenvalue weighted by Crippen LogP contribution is 2.34. The maximum Gasteiger partial charge on any atom is 0.360 e. The first kappa shape index (κ1) is 21.4. The van der Waals surface area contributed by atoms with Crippen molar-refractivity contribution in [3.63, 3.8) is 0 Å². The van der Waals surface area contributed by atoms with Crippen LogP contribution in [-0.4, -0.2) is 50.2 Å². The molecule has 1 aromatic heterocycles. The number of imidazole rings is 1. The molecular weight excluding hydrogens is 430 g/mol. The SMILES string of the molecule is CN(C)c1ccc(C(=O)N=[N+]=Nc2ccc3nc(-c4ccc5c(c4)OCCN5C)[nH]c3c2)cc1. The van der Waals surface area contributed by atoms with E-state index in [-0.39, 0.29) is 0 Å². The quantitative estimate of drug-likeness (QED) is 0.360. The van der Waals surface area contributed by atoms with Crippen LogP contribution in [0.5, 0.6) is 5.75 Å². The predicted octanol–water partition coefficient (Wildman–Crippen LogP) is 4.57. The third-order valence-electron chi connectivity index (χ3n) is 5.72. The zero-order valence-corrected chi connectivity index (χ0v) is 19.2. The average Bonchev–Trinajstić information content (AvgIpc) is 3.27. The Kier molecular flexibility index (Phi) is 5.53. The van der Waals surface area contributed by atoms with Crippen molar-refractivity contribution in [1.29, 1.82) is 0 Å². The number of nitrogens with one attached hydrogen (secondary N) is 1. The van der Waals surface area contributed by atoms with Gasteiger partial charge in [0.2, 0.25) is 10.0 Å². The summed E-state index contributed by atoms with van der Waals surface area (Å²) in [5.41, 5.74) is 5.65. The number of carbonyl (C=O) groups excluding carboxylic acids is 1. The summed E-state index contributed by atoms with van der Waals surface area (Å²) in [6.07, 6.45) is 0. The Labute approximate surface area is 196 Å². The monoisotopic (exact) mass is 454 g/mol. The summed E-state index contributed by atoms with van der Waals surface area (Å²) in [6.45, 7) is 1.53. The number of hydrogen-bond donors (Lipinski definition) is 1. The molecule has 4 aromatic rings. The number of fused-ring (bicyclic) bond motifs is 2.